The maximum absolute atomic E-state index is 10.1. The largest absolute Gasteiger partial charge is 0.386 e. The molecular formula is C11H18N4O2. The highest BCUT2D eigenvalue weighted by molar-refractivity contribution is 5.41. The van der Waals surface area contributed by atoms with Crippen LogP contribution in [0.4, 0.5) is 11.6 Å². The minimum absolute atomic E-state index is 0.375. The van der Waals surface area contributed by atoms with E-state index in [2.05, 4.69) is 20.6 Å². The molecule has 0 amide bonds. The third-order valence-electron chi connectivity index (χ3n) is 2.67. The van der Waals surface area contributed by atoms with Gasteiger partial charge >= 0.3 is 0 Å². The molecule has 1 fully saturated rings. The van der Waals surface area contributed by atoms with E-state index in [1.54, 1.807) is 12.4 Å². The van der Waals surface area contributed by atoms with E-state index >= 15 is 0 Å². The van der Waals surface area contributed by atoms with E-state index in [0.717, 1.165) is 12.4 Å². The predicted molar refractivity (Wildman–Crippen MR) is 65.1 cm³/mol. The molecule has 1 aliphatic heterocycles. The lowest BCUT2D eigenvalue weighted by Crippen LogP contribution is -2.37. The molecule has 1 aromatic heterocycles. The van der Waals surface area contributed by atoms with E-state index in [0.29, 0.717) is 32.0 Å². The smallest absolute Gasteiger partial charge is 0.147 e. The zero-order chi connectivity index (χ0) is 12.1. The van der Waals surface area contributed by atoms with Crippen molar-refractivity contribution in [2.24, 2.45) is 0 Å². The van der Waals surface area contributed by atoms with Gasteiger partial charge < -0.3 is 20.5 Å². The third-order valence-corrected chi connectivity index (χ3v) is 2.67. The van der Waals surface area contributed by atoms with Crippen molar-refractivity contribution in [3.63, 3.8) is 0 Å². The number of ether oxygens (including phenoxy) is 1. The summed E-state index contributed by atoms with van der Waals surface area (Å²) in [7, 11) is 0. The molecule has 3 N–H and O–H groups in total. The average molecular weight is 238 g/mol. The molecule has 0 saturated carbocycles. The van der Waals surface area contributed by atoms with Gasteiger partial charge in [-0.2, -0.15) is 0 Å². The lowest BCUT2D eigenvalue weighted by Gasteiger charge is -2.20. The maximum atomic E-state index is 10.1. The predicted octanol–water partition coefficient (Wildman–Crippen LogP) is 0.472. The highest BCUT2D eigenvalue weighted by atomic mass is 16.5. The van der Waals surface area contributed by atoms with E-state index in [1.165, 1.54) is 0 Å². The van der Waals surface area contributed by atoms with Crippen molar-refractivity contribution in [1.29, 1.82) is 0 Å². The lowest BCUT2D eigenvalue weighted by atomic mass is 10.0. The van der Waals surface area contributed by atoms with Crippen molar-refractivity contribution in [2.75, 3.05) is 36.9 Å². The zero-order valence-electron chi connectivity index (χ0n) is 9.94. The van der Waals surface area contributed by atoms with Crippen LogP contribution in [0.2, 0.25) is 0 Å². The minimum atomic E-state index is -0.782. The second kappa shape index (κ2) is 5.29. The SMILES string of the molecule is CCNc1cncc(NCC2(O)CCOC2)n1. The second-order valence-electron chi connectivity index (χ2n) is 4.20. The first-order valence-electron chi connectivity index (χ1n) is 5.82. The first-order valence-corrected chi connectivity index (χ1v) is 5.82. The van der Waals surface area contributed by atoms with Gasteiger partial charge in [-0.15, -0.1) is 0 Å². The van der Waals surface area contributed by atoms with Gasteiger partial charge in [-0.1, -0.05) is 0 Å². The van der Waals surface area contributed by atoms with Gasteiger partial charge in [0.1, 0.15) is 17.2 Å². The molecule has 6 heteroatoms. The Balaban J connectivity index is 1.91. The first kappa shape index (κ1) is 12.1. The van der Waals surface area contributed by atoms with Crippen molar-refractivity contribution >= 4 is 11.6 Å². The molecule has 1 aromatic rings. The van der Waals surface area contributed by atoms with Gasteiger partial charge in [0.05, 0.1) is 19.0 Å². The van der Waals surface area contributed by atoms with Gasteiger partial charge in [0.25, 0.3) is 0 Å². The van der Waals surface area contributed by atoms with E-state index < -0.39 is 5.60 Å². The normalized spacial score (nSPS) is 23.6. The molecule has 6 nitrogen and oxygen atoms in total. The molecular weight excluding hydrogens is 220 g/mol. The molecule has 0 aromatic carbocycles. The van der Waals surface area contributed by atoms with Gasteiger partial charge in [0, 0.05) is 26.1 Å². The summed E-state index contributed by atoms with van der Waals surface area (Å²) in [5, 5.41) is 16.2. The molecule has 2 rings (SSSR count). The van der Waals surface area contributed by atoms with Crippen molar-refractivity contribution in [3.8, 4) is 0 Å². The Morgan fingerprint density at radius 3 is 2.82 bits per heavy atom. The molecule has 1 unspecified atom stereocenters. The number of aromatic nitrogens is 2. The lowest BCUT2D eigenvalue weighted by molar-refractivity contribution is 0.0381. The third kappa shape index (κ3) is 3.28. The molecule has 0 spiro atoms. The Bertz CT molecular complexity index is 366. The van der Waals surface area contributed by atoms with E-state index in [1.807, 2.05) is 6.92 Å². The van der Waals surface area contributed by atoms with Crippen LogP contribution in [-0.2, 0) is 4.74 Å². The van der Waals surface area contributed by atoms with Crippen LogP contribution in [0.3, 0.4) is 0 Å². The highest BCUT2D eigenvalue weighted by Gasteiger charge is 2.31. The number of nitrogens with zero attached hydrogens (tertiary/aromatic N) is 2. The Hall–Kier alpha value is -1.40. The molecule has 1 atom stereocenters. The number of hydrogen-bond acceptors (Lipinski definition) is 6. The number of anilines is 2. The molecule has 2 heterocycles. The second-order valence-corrected chi connectivity index (χ2v) is 4.20. The van der Waals surface area contributed by atoms with Crippen LogP contribution in [0.25, 0.3) is 0 Å². The Morgan fingerprint density at radius 1 is 1.41 bits per heavy atom. The molecule has 1 aliphatic rings. The van der Waals surface area contributed by atoms with Gasteiger partial charge in [0.2, 0.25) is 0 Å². The summed E-state index contributed by atoms with van der Waals surface area (Å²) in [5.74, 6) is 1.39. The van der Waals surface area contributed by atoms with Gasteiger partial charge in [0.15, 0.2) is 0 Å². The van der Waals surface area contributed by atoms with Crippen LogP contribution in [-0.4, -0.2) is 47.0 Å². The van der Waals surface area contributed by atoms with Gasteiger partial charge in [-0.25, -0.2) is 4.98 Å². The Labute approximate surface area is 100 Å². The molecule has 94 valence electrons. The fourth-order valence-electron chi connectivity index (χ4n) is 1.71. The first-order chi connectivity index (χ1) is 8.22. The topological polar surface area (TPSA) is 79.3 Å². The zero-order valence-corrected chi connectivity index (χ0v) is 9.94. The van der Waals surface area contributed by atoms with Crippen LogP contribution in [0.15, 0.2) is 12.4 Å². The summed E-state index contributed by atoms with van der Waals surface area (Å²) in [5.41, 5.74) is -0.782. The van der Waals surface area contributed by atoms with Crippen LogP contribution < -0.4 is 10.6 Å². The quantitative estimate of drug-likeness (QED) is 0.692. The highest BCUT2D eigenvalue weighted by Crippen LogP contribution is 2.18. The molecule has 17 heavy (non-hydrogen) atoms. The molecule has 0 radical (unpaired) electrons. The van der Waals surface area contributed by atoms with Gasteiger partial charge in [-0.05, 0) is 6.92 Å². The van der Waals surface area contributed by atoms with Crippen LogP contribution in [0.1, 0.15) is 13.3 Å². The summed E-state index contributed by atoms with van der Waals surface area (Å²) < 4.78 is 5.17. The van der Waals surface area contributed by atoms with Crippen LogP contribution >= 0.6 is 0 Å². The number of hydrogen-bond donors (Lipinski definition) is 3. The van der Waals surface area contributed by atoms with Crippen molar-refractivity contribution in [2.45, 2.75) is 18.9 Å². The summed E-state index contributed by atoms with van der Waals surface area (Å²) >= 11 is 0. The number of nitrogens with one attached hydrogen (secondary N) is 2. The Kier molecular flexibility index (Phi) is 3.75. The van der Waals surface area contributed by atoms with Crippen molar-refractivity contribution in [1.82, 2.24) is 9.97 Å². The number of rotatable bonds is 5. The monoisotopic (exact) mass is 238 g/mol. The van der Waals surface area contributed by atoms with Crippen LogP contribution in [0.5, 0.6) is 0 Å². The molecule has 1 saturated heterocycles. The average Bonchev–Trinajstić information content (AvgIpc) is 2.76. The number of aliphatic hydroxyl groups is 1. The van der Waals surface area contributed by atoms with Crippen LogP contribution in [0, 0.1) is 0 Å². The fourth-order valence-corrected chi connectivity index (χ4v) is 1.71. The summed E-state index contributed by atoms with van der Waals surface area (Å²) in [6, 6.07) is 0. The van der Waals surface area contributed by atoms with E-state index in [-0.39, 0.29) is 0 Å². The summed E-state index contributed by atoms with van der Waals surface area (Å²) in [4.78, 5) is 8.39. The fraction of sp³-hybridized carbons (Fsp3) is 0.636. The van der Waals surface area contributed by atoms with Crippen molar-refractivity contribution < 1.29 is 9.84 Å². The van der Waals surface area contributed by atoms with E-state index in [4.69, 9.17) is 4.74 Å². The standard InChI is InChI=1S/C11H18N4O2/c1-2-13-9-5-12-6-10(15-9)14-7-11(16)3-4-17-8-11/h5-6,16H,2-4,7-8H2,1H3,(H2,13,14,15). The van der Waals surface area contributed by atoms with Crippen molar-refractivity contribution in [3.05, 3.63) is 12.4 Å². The Morgan fingerprint density at radius 2 is 2.18 bits per heavy atom. The van der Waals surface area contributed by atoms with E-state index in [9.17, 15) is 5.11 Å². The molecule has 0 aliphatic carbocycles. The maximum Gasteiger partial charge on any atom is 0.147 e. The van der Waals surface area contributed by atoms with Gasteiger partial charge in [-0.3, -0.25) is 4.98 Å². The molecule has 0 bridgehead atoms. The summed E-state index contributed by atoms with van der Waals surface area (Å²) in [6.07, 6.45) is 3.96. The minimum Gasteiger partial charge on any atom is -0.386 e. The summed E-state index contributed by atoms with van der Waals surface area (Å²) in [6.45, 7) is 4.22.